The number of rotatable bonds is 4. The van der Waals surface area contributed by atoms with Crippen LogP contribution in [0.3, 0.4) is 0 Å². The molecule has 174 valence electrons. The van der Waals surface area contributed by atoms with E-state index < -0.39 is 0 Å². The fraction of sp³-hybridized carbons (Fsp3) is 0.741. The van der Waals surface area contributed by atoms with Crippen molar-refractivity contribution in [2.24, 2.45) is 34.5 Å². The SMILES string of the molecule is CC(=O)OCC(=CC#N)C1CCC2C3CC=C4CC(OC(C)=O)CCC4(C)C3CCC12C. The molecule has 32 heavy (non-hydrogen) atoms. The number of allylic oxidation sites excluding steroid dienone is 2. The summed E-state index contributed by atoms with van der Waals surface area (Å²) in [6.45, 7) is 8.05. The second-order valence-electron chi connectivity index (χ2n) is 11.0. The van der Waals surface area contributed by atoms with Gasteiger partial charge in [0.05, 0.1) is 6.07 Å². The largest absolute Gasteiger partial charge is 0.462 e. The van der Waals surface area contributed by atoms with Crippen LogP contribution < -0.4 is 0 Å². The van der Waals surface area contributed by atoms with Crippen molar-refractivity contribution in [3.05, 3.63) is 23.3 Å². The molecule has 0 spiro atoms. The van der Waals surface area contributed by atoms with Crippen molar-refractivity contribution in [2.45, 2.75) is 85.2 Å². The standard InChI is InChI=1S/C27H37NO4/c1-17(29)31-16-19(11-14-28)23-7-8-24-22-6-5-20-15-21(32-18(2)30)9-12-26(20,3)25(22)10-13-27(23,24)4/h5,11,21-25H,6-10,12-13,15-16H2,1-4H3. The van der Waals surface area contributed by atoms with Gasteiger partial charge in [0.2, 0.25) is 0 Å². The topological polar surface area (TPSA) is 76.4 Å². The molecule has 5 heteroatoms. The van der Waals surface area contributed by atoms with Gasteiger partial charge in [0.25, 0.3) is 0 Å². The van der Waals surface area contributed by atoms with Gasteiger partial charge < -0.3 is 9.47 Å². The lowest BCUT2D eigenvalue weighted by Crippen LogP contribution is -2.50. The Kier molecular flexibility index (Phi) is 6.27. The number of nitriles is 1. The molecule has 4 aliphatic rings. The predicted molar refractivity (Wildman–Crippen MR) is 121 cm³/mol. The summed E-state index contributed by atoms with van der Waals surface area (Å²) in [5.74, 6) is 1.81. The molecule has 0 N–H and O–H groups in total. The summed E-state index contributed by atoms with van der Waals surface area (Å²) in [4.78, 5) is 22.9. The Morgan fingerprint density at radius 3 is 2.59 bits per heavy atom. The minimum absolute atomic E-state index is 0.0352. The summed E-state index contributed by atoms with van der Waals surface area (Å²) in [7, 11) is 0. The zero-order chi connectivity index (χ0) is 23.1. The lowest BCUT2D eigenvalue weighted by Gasteiger charge is -2.58. The quantitative estimate of drug-likeness (QED) is 0.328. The van der Waals surface area contributed by atoms with Crippen molar-refractivity contribution in [2.75, 3.05) is 6.61 Å². The fourth-order valence-corrected chi connectivity index (χ4v) is 8.08. The van der Waals surface area contributed by atoms with Crippen LogP contribution in [0.5, 0.6) is 0 Å². The third kappa shape index (κ3) is 3.91. The van der Waals surface area contributed by atoms with Crippen LogP contribution in [0.25, 0.3) is 0 Å². The van der Waals surface area contributed by atoms with E-state index in [9.17, 15) is 14.9 Å². The van der Waals surface area contributed by atoms with Crippen molar-refractivity contribution in [3.8, 4) is 6.07 Å². The zero-order valence-electron chi connectivity index (χ0n) is 20.0. The highest BCUT2D eigenvalue weighted by atomic mass is 16.5. The Balaban J connectivity index is 1.55. The van der Waals surface area contributed by atoms with E-state index in [1.807, 2.05) is 0 Å². The predicted octanol–water partition coefficient (Wildman–Crippen LogP) is 5.51. The molecule has 0 radical (unpaired) electrons. The Hall–Kier alpha value is -2.09. The normalized spacial score (nSPS) is 40.8. The molecule has 0 amide bonds. The van der Waals surface area contributed by atoms with E-state index in [-0.39, 0.29) is 35.5 Å². The molecule has 0 aromatic heterocycles. The van der Waals surface area contributed by atoms with Gasteiger partial charge in [-0.1, -0.05) is 25.5 Å². The lowest BCUT2D eigenvalue weighted by molar-refractivity contribution is -0.148. The van der Waals surface area contributed by atoms with E-state index >= 15 is 0 Å². The average molecular weight is 440 g/mol. The third-order valence-corrected chi connectivity index (χ3v) is 9.53. The molecule has 3 saturated carbocycles. The van der Waals surface area contributed by atoms with Gasteiger partial charge in [0.1, 0.15) is 12.7 Å². The molecule has 0 aromatic carbocycles. The number of hydrogen-bond donors (Lipinski definition) is 0. The summed E-state index contributed by atoms with van der Waals surface area (Å²) < 4.78 is 10.9. The van der Waals surface area contributed by atoms with Crippen LogP contribution in [0.2, 0.25) is 0 Å². The van der Waals surface area contributed by atoms with Crippen molar-refractivity contribution < 1.29 is 19.1 Å². The summed E-state index contributed by atoms with van der Waals surface area (Å²) in [6.07, 6.45) is 12.8. The molecule has 0 heterocycles. The van der Waals surface area contributed by atoms with Gasteiger partial charge in [-0.25, -0.2) is 0 Å². The van der Waals surface area contributed by atoms with E-state index in [2.05, 4.69) is 26.0 Å². The maximum atomic E-state index is 11.5. The monoisotopic (exact) mass is 439 g/mol. The molecule has 7 unspecified atom stereocenters. The second-order valence-corrected chi connectivity index (χ2v) is 11.0. The molecular weight excluding hydrogens is 402 g/mol. The number of carbonyl (C=O) groups is 2. The summed E-state index contributed by atoms with van der Waals surface area (Å²) in [5.41, 5.74) is 2.86. The first-order chi connectivity index (χ1) is 15.2. The number of fused-ring (bicyclic) bond motifs is 5. The Morgan fingerprint density at radius 1 is 1.12 bits per heavy atom. The van der Waals surface area contributed by atoms with Gasteiger partial charge in [-0.05, 0) is 85.0 Å². The second kappa shape index (κ2) is 8.69. The summed E-state index contributed by atoms with van der Waals surface area (Å²) in [5, 5.41) is 9.36. The molecule has 5 nitrogen and oxygen atoms in total. The summed E-state index contributed by atoms with van der Waals surface area (Å²) >= 11 is 0. The van der Waals surface area contributed by atoms with Crippen LogP contribution in [0.4, 0.5) is 0 Å². The van der Waals surface area contributed by atoms with Crippen LogP contribution in [0, 0.1) is 45.8 Å². The molecule has 3 fully saturated rings. The van der Waals surface area contributed by atoms with E-state index in [1.54, 1.807) is 6.08 Å². The number of esters is 2. The molecule has 0 bridgehead atoms. The molecule has 0 aromatic rings. The van der Waals surface area contributed by atoms with Crippen molar-refractivity contribution in [1.82, 2.24) is 0 Å². The van der Waals surface area contributed by atoms with Crippen LogP contribution in [-0.4, -0.2) is 24.6 Å². The van der Waals surface area contributed by atoms with Gasteiger partial charge in [-0.15, -0.1) is 0 Å². The first-order valence-electron chi connectivity index (χ1n) is 12.3. The number of ether oxygens (including phenoxy) is 2. The molecule has 4 rings (SSSR count). The van der Waals surface area contributed by atoms with Gasteiger partial charge in [-0.2, -0.15) is 5.26 Å². The van der Waals surface area contributed by atoms with Crippen molar-refractivity contribution >= 4 is 11.9 Å². The zero-order valence-corrected chi connectivity index (χ0v) is 20.0. The molecule has 7 atom stereocenters. The Bertz CT molecular complexity index is 883. The minimum Gasteiger partial charge on any atom is -0.462 e. The Labute approximate surface area is 192 Å². The molecule has 4 aliphatic carbocycles. The highest BCUT2D eigenvalue weighted by Crippen LogP contribution is 2.67. The maximum absolute atomic E-state index is 11.5. The number of nitrogens with zero attached hydrogens (tertiary/aromatic N) is 1. The maximum Gasteiger partial charge on any atom is 0.302 e. The van der Waals surface area contributed by atoms with Crippen molar-refractivity contribution in [3.63, 3.8) is 0 Å². The highest BCUT2D eigenvalue weighted by Gasteiger charge is 2.59. The van der Waals surface area contributed by atoms with E-state index in [0.717, 1.165) is 44.1 Å². The average Bonchev–Trinajstić information content (AvgIpc) is 3.08. The lowest BCUT2D eigenvalue weighted by atomic mass is 9.47. The van der Waals surface area contributed by atoms with E-state index in [1.165, 1.54) is 32.3 Å². The van der Waals surface area contributed by atoms with E-state index in [4.69, 9.17) is 9.47 Å². The van der Waals surface area contributed by atoms with Crippen LogP contribution in [0.1, 0.15) is 79.1 Å². The van der Waals surface area contributed by atoms with Gasteiger partial charge in [0, 0.05) is 26.3 Å². The first kappa shape index (κ1) is 23.1. The van der Waals surface area contributed by atoms with E-state index in [0.29, 0.717) is 23.7 Å². The van der Waals surface area contributed by atoms with Crippen molar-refractivity contribution in [1.29, 1.82) is 5.26 Å². The van der Waals surface area contributed by atoms with Gasteiger partial charge in [0.15, 0.2) is 0 Å². The van der Waals surface area contributed by atoms with Gasteiger partial charge in [-0.3, -0.25) is 9.59 Å². The minimum atomic E-state index is -0.292. The highest BCUT2D eigenvalue weighted by molar-refractivity contribution is 5.66. The number of hydrogen-bond acceptors (Lipinski definition) is 5. The fourth-order valence-electron chi connectivity index (χ4n) is 8.08. The smallest absolute Gasteiger partial charge is 0.302 e. The molecular formula is C27H37NO4. The molecule has 0 saturated heterocycles. The number of carbonyl (C=O) groups excluding carboxylic acids is 2. The first-order valence-corrected chi connectivity index (χ1v) is 12.3. The van der Waals surface area contributed by atoms with Crippen LogP contribution in [-0.2, 0) is 19.1 Å². The molecule has 0 aliphatic heterocycles. The Morgan fingerprint density at radius 2 is 1.91 bits per heavy atom. The third-order valence-electron chi connectivity index (χ3n) is 9.53. The van der Waals surface area contributed by atoms with Crippen LogP contribution in [0.15, 0.2) is 23.3 Å². The summed E-state index contributed by atoms with van der Waals surface area (Å²) in [6, 6.07) is 2.20. The van der Waals surface area contributed by atoms with Gasteiger partial charge >= 0.3 is 11.9 Å². The van der Waals surface area contributed by atoms with Crippen LogP contribution >= 0.6 is 0 Å².